The van der Waals surface area contributed by atoms with E-state index in [0.29, 0.717) is 5.92 Å². The number of hydrogen-bond acceptors (Lipinski definition) is 4. The fraction of sp³-hybridized carbons (Fsp3) is 0.938. The zero-order chi connectivity index (χ0) is 15.3. The summed E-state index contributed by atoms with van der Waals surface area (Å²) in [7, 11) is 2.18. The largest absolute Gasteiger partial charge is 0.356 e. The van der Waals surface area contributed by atoms with Crippen molar-refractivity contribution in [1.29, 1.82) is 0 Å². The van der Waals surface area contributed by atoms with E-state index in [0.717, 1.165) is 65.2 Å². The first kappa shape index (κ1) is 16.7. The Morgan fingerprint density at radius 1 is 1.29 bits per heavy atom. The topological polar surface area (TPSA) is 47.6 Å². The van der Waals surface area contributed by atoms with Crippen LogP contribution in [0.25, 0.3) is 0 Å². The number of piperazine rings is 1. The van der Waals surface area contributed by atoms with Crippen molar-refractivity contribution >= 4 is 5.91 Å². The maximum Gasteiger partial charge on any atom is 0.227 e. The number of hydrogen-bond donors (Lipinski definition) is 2. The Hall–Kier alpha value is -0.650. The molecule has 2 aliphatic heterocycles. The fourth-order valence-corrected chi connectivity index (χ4v) is 3.41. The molecule has 21 heavy (non-hydrogen) atoms. The molecule has 0 aromatic carbocycles. The molecule has 122 valence electrons. The molecule has 2 N–H and O–H groups in total. The van der Waals surface area contributed by atoms with Crippen LogP contribution in [0.4, 0.5) is 0 Å². The third kappa shape index (κ3) is 4.18. The van der Waals surface area contributed by atoms with E-state index in [4.69, 9.17) is 0 Å². The molecular formula is C16H32N4O. The predicted molar refractivity (Wildman–Crippen MR) is 86.3 cm³/mol. The van der Waals surface area contributed by atoms with Gasteiger partial charge in [-0.05, 0) is 38.9 Å². The Balaban J connectivity index is 1.67. The third-order valence-corrected chi connectivity index (χ3v) is 5.28. The molecule has 0 aliphatic carbocycles. The summed E-state index contributed by atoms with van der Waals surface area (Å²) in [5.41, 5.74) is -0.187. The van der Waals surface area contributed by atoms with Crippen LogP contribution < -0.4 is 10.6 Å². The summed E-state index contributed by atoms with van der Waals surface area (Å²) in [5, 5.41) is 6.53. The Bertz CT molecular complexity index is 331. The van der Waals surface area contributed by atoms with Gasteiger partial charge in [-0.2, -0.15) is 0 Å². The molecule has 0 spiro atoms. The van der Waals surface area contributed by atoms with Crippen LogP contribution in [0.5, 0.6) is 0 Å². The first-order chi connectivity index (χ1) is 10.0. The third-order valence-electron chi connectivity index (χ3n) is 5.28. The monoisotopic (exact) mass is 296 g/mol. The quantitative estimate of drug-likeness (QED) is 0.696. The summed E-state index contributed by atoms with van der Waals surface area (Å²) in [4.78, 5) is 17.4. The molecule has 0 aromatic heterocycles. The molecular weight excluding hydrogens is 264 g/mol. The highest BCUT2D eigenvalue weighted by molar-refractivity contribution is 5.83. The smallest absolute Gasteiger partial charge is 0.227 e. The highest BCUT2D eigenvalue weighted by Gasteiger charge is 2.43. The minimum Gasteiger partial charge on any atom is -0.356 e. The second-order valence-corrected chi connectivity index (χ2v) is 6.99. The lowest BCUT2D eigenvalue weighted by atomic mass is 9.75. The van der Waals surface area contributed by atoms with Gasteiger partial charge in [0, 0.05) is 39.3 Å². The molecule has 2 saturated heterocycles. The molecule has 0 saturated carbocycles. The summed E-state index contributed by atoms with van der Waals surface area (Å²) in [5.74, 6) is 0.644. The van der Waals surface area contributed by atoms with Crippen molar-refractivity contribution in [1.82, 2.24) is 20.4 Å². The van der Waals surface area contributed by atoms with Crippen LogP contribution in [0.1, 0.15) is 26.7 Å². The van der Waals surface area contributed by atoms with Crippen molar-refractivity contribution in [3.05, 3.63) is 0 Å². The minimum absolute atomic E-state index is 0.187. The molecule has 5 nitrogen and oxygen atoms in total. The maximum atomic E-state index is 12.5. The molecule has 0 bridgehead atoms. The van der Waals surface area contributed by atoms with E-state index in [1.54, 1.807) is 0 Å². The molecule has 0 aromatic rings. The van der Waals surface area contributed by atoms with Crippen molar-refractivity contribution in [2.45, 2.75) is 26.7 Å². The number of carbonyl (C=O) groups excluding carboxylic acids is 1. The van der Waals surface area contributed by atoms with Gasteiger partial charge in [0.05, 0.1) is 5.41 Å². The number of rotatable bonds is 6. The molecule has 0 radical (unpaired) electrons. The molecule has 5 heteroatoms. The summed E-state index contributed by atoms with van der Waals surface area (Å²) < 4.78 is 0. The van der Waals surface area contributed by atoms with Gasteiger partial charge in [0.1, 0.15) is 0 Å². The molecule has 2 heterocycles. The van der Waals surface area contributed by atoms with Crippen LogP contribution in [0.15, 0.2) is 0 Å². The van der Waals surface area contributed by atoms with Crippen molar-refractivity contribution in [2.24, 2.45) is 11.3 Å². The minimum atomic E-state index is -0.187. The lowest BCUT2D eigenvalue weighted by molar-refractivity contribution is -0.132. The van der Waals surface area contributed by atoms with Crippen molar-refractivity contribution < 1.29 is 4.79 Å². The van der Waals surface area contributed by atoms with Gasteiger partial charge in [0.25, 0.3) is 0 Å². The van der Waals surface area contributed by atoms with Crippen LogP contribution in [-0.4, -0.2) is 75.1 Å². The fourth-order valence-electron chi connectivity index (χ4n) is 3.41. The predicted octanol–water partition coefficient (Wildman–Crippen LogP) is 0.376. The Morgan fingerprint density at radius 2 is 2.00 bits per heavy atom. The number of nitrogens with one attached hydrogen (secondary N) is 2. The lowest BCUT2D eigenvalue weighted by Crippen LogP contribution is -2.47. The highest BCUT2D eigenvalue weighted by atomic mass is 16.2. The van der Waals surface area contributed by atoms with Crippen LogP contribution in [0.2, 0.25) is 0 Å². The molecule has 2 rings (SSSR count). The number of nitrogens with zero attached hydrogens (tertiary/aromatic N) is 2. The maximum absolute atomic E-state index is 12.5. The van der Waals surface area contributed by atoms with E-state index >= 15 is 0 Å². The number of likely N-dealkylation sites (N-methyl/N-ethyl adjacent to an activating group) is 1. The van der Waals surface area contributed by atoms with Gasteiger partial charge in [0.15, 0.2) is 0 Å². The zero-order valence-electron chi connectivity index (χ0n) is 14.0. The van der Waals surface area contributed by atoms with Crippen LogP contribution in [0.3, 0.4) is 0 Å². The Kier molecular flexibility index (Phi) is 6.02. The van der Waals surface area contributed by atoms with Gasteiger partial charge in [-0.25, -0.2) is 0 Å². The zero-order valence-corrected chi connectivity index (χ0v) is 14.0. The summed E-state index contributed by atoms with van der Waals surface area (Å²) in [6, 6.07) is 0. The standard InChI is InChI=1S/C16H32N4O/c1-14(2)16(5-7-17-13-16)15(21)18-6-4-8-20-11-9-19(3)10-12-20/h14,17H,4-13H2,1-3H3,(H,18,21). The van der Waals surface area contributed by atoms with Crippen LogP contribution in [0, 0.1) is 11.3 Å². The first-order valence-corrected chi connectivity index (χ1v) is 8.44. The number of amides is 1. The number of carbonyl (C=O) groups is 1. The van der Waals surface area contributed by atoms with Gasteiger partial charge >= 0.3 is 0 Å². The Morgan fingerprint density at radius 3 is 2.57 bits per heavy atom. The second kappa shape index (κ2) is 7.56. The van der Waals surface area contributed by atoms with E-state index in [9.17, 15) is 4.79 Å². The summed E-state index contributed by atoms with van der Waals surface area (Å²) in [6.07, 6.45) is 2.02. The van der Waals surface area contributed by atoms with E-state index < -0.39 is 0 Å². The van der Waals surface area contributed by atoms with E-state index in [2.05, 4.69) is 41.3 Å². The Labute approximate surface area is 129 Å². The average Bonchev–Trinajstić information content (AvgIpc) is 2.96. The van der Waals surface area contributed by atoms with Crippen LogP contribution >= 0.6 is 0 Å². The van der Waals surface area contributed by atoms with Crippen molar-refractivity contribution in [3.63, 3.8) is 0 Å². The molecule has 2 aliphatic rings. The van der Waals surface area contributed by atoms with E-state index in [-0.39, 0.29) is 11.3 Å². The van der Waals surface area contributed by atoms with Gasteiger partial charge in [-0.3, -0.25) is 4.79 Å². The summed E-state index contributed by atoms with van der Waals surface area (Å²) >= 11 is 0. The summed E-state index contributed by atoms with van der Waals surface area (Å²) in [6.45, 7) is 12.7. The SMILES string of the molecule is CC(C)C1(C(=O)NCCCN2CCN(C)CC2)CCNC1. The lowest BCUT2D eigenvalue weighted by Gasteiger charge is -2.33. The molecule has 1 unspecified atom stereocenters. The van der Waals surface area contributed by atoms with Gasteiger partial charge in [-0.1, -0.05) is 13.8 Å². The molecule has 1 amide bonds. The van der Waals surface area contributed by atoms with E-state index in [1.165, 1.54) is 0 Å². The average molecular weight is 296 g/mol. The van der Waals surface area contributed by atoms with Crippen LogP contribution in [-0.2, 0) is 4.79 Å². The van der Waals surface area contributed by atoms with Gasteiger partial charge in [0.2, 0.25) is 5.91 Å². The van der Waals surface area contributed by atoms with Gasteiger partial charge in [-0.15, -0.1) is 0 Å². The van der Waals surface area contributed by atoms with Gasteiger partial charge < -0.3 is 20.4 Å². The van der Waals surface area contributed by atoms with E-state index in [1.807, 2.05) is 0 Å². The second-order valence-electron chi connectivity index (χ2n) is 6.99. The first-order valence-electron chi connectivity index (χ1n) is 8.44. The molecule has 1 atom stereocenters. The normalized spacial score (nSPS) is 28.2. The van der Waals surface area contributed by atoms with Crippen molar-refractivity contribution in [2.75, 3.05) is 59.4 Å². The van der Waals surface area contributed by atoms with Crippen molar-refractivity contribution in [3.8, 4) is 0 Å². The highest BCUT2D eigenvalue weighted by Crippen LogP contribution is 2.34. The molecule has 2 fully saturated rings.